The van der Waals surface area contributed by atoms with E-state index >= 15 is 0 Å². The van der Waals surface area contributed by atoms with Gasteiger partial charge in [-0.15, -0.1) is 0 Å². The molecule has 6 nitrogen and oxygen atoms in total. The number of carboxylic acids is 1. The van der Waals surface area contributed by atoms with E-state index in [4.69, 9.17) is 9.84 Å². The van der Waals surface area contributed by atoms with Gasteiger partial charge < -0.3 is 14.9 Å². The third-order valence-electron chi connectivity index (χ3n) is 3.20. The van der Waals surface area contributed by atoms with E-state index in [0.29, 0.717) is 0 Å². The molecule has 0 aliphatic carbocycles. The van der Waals surface area contributed by atoms with Crippen molar-refractivity contribution in [3.63, 3.8) is 0 Å². The molecule has 0 aromatic heterocycles. The van der Waals surface area contributed by atoms with Crippen molar-refractivity contribution in [2.24, 2.45) is 0 Å². The highest BCUT2D eigenvalue weighted by molar-refractivity contribution is 7.91. The summed E-state index contributed by atoms with van der Waals surface area (Å²) in [6.07, 6.45) is 2.51. The zero-order valence-corrected chi connectivity index (χ0v) is 13.7. The molecular formula is C17H16O6S. The van der Waals surface area contributed by atoms with E-state index < -0.39 is 21.6 Å². The Hall–Kier alpha value is -2.80. The van der Waals surface area contributed by atoms with Crippen molar-refractivity contribution in [1.29, 1.82) is 0 Å². The zero-order valence-electron chi connectivity index (χ0n) is 12.8. The molecule has 2 aromatic carbocycles. The number of carbonyl (C=O) groups is 1. The number of hydrogen-bond donors (Lipinski definition) is 2. The second-order valence-corrected chi connectivity index (χ2v) is 7.10. The Bertz CT molecular complexity index is 866. The van der Waals surface area contributed by atoms with E-state index in [9.17, 15) is 18.3 Å². The number of aromatic hydroxyl groups is 1. The molecule has 0 unspecified atom stereocenters. The Morgan fingerprint density at radius 2 is 1.83 bits per heavy atom. The number of sulfone groups is 1. The summed E-state index contributed by atoms with van der Waals surface area (Å²) < 4.78 is 29.4. The van der Waals surface area contributed by atoms with Gasteiger partial charge in [-0.1, -0.05) is 17.7 Å². The molecule has 0 saturated carbocycles. The second kappa shape index (κ2) is 7.18. The summed E-state index contributed by atoms with van der Waals surface area (Å²) in [7, 11) is -3.45. The van der Waals surface area contributed by atoms with Crippen LogP contribution >= 0.6 is 0 Å². The summed E-state index contributed by atoms with van der Waals surface area (Å²) >= 11 is 0. The molecule has 24 heavy (non-hydrogen) atoms. The smallest absolute Gasteiger partial charge is 0.339 e. The lowest BCUT2D eigenvalue weighted by Crippen LogP contribution is -2.04. The predicted octanol–water partition coefficient (Wildman–Crippen LogP) is 2.77. The fraction of sp³-hybridized carbons (Fsp3) is 0.118. The van der Waals surface area contributed by atoms with Gasteiger partial charge in [-0.3, -0.25) is 0 Å². The lowest BCUT2D eigenvalue weighted by atomic mass is 10.2. The Morgan fingerprint density at radius 3 is 2.42 bits per heavy atom. The van der Waals surface area contributed by atoms with E-state index in [-0.39, 0.29) is 22.0 Å². The summed E-state index contributed by atoms with van der Waals surface area (Å²) in [6.45, 7) is 1.87. The molecule has 0 bridgehead atoms. The topological polar surface area (TPSA) is 101 Å². The molecule has 0 fully saturated rings. The van der Waals surface area contributed by atoms with Crippen LogP contribution in [0.4, 0.5) is 0 Å². The summed E-state index contributed by atoms with van der Waals surface area (Å²) in [6, 6.07) is 10.2. The first-order valence-corrected chi connectivity index (χ1v) is 8.62. The molecule has 0 aliphatic rings. The fourth-order valence-electron chi connectivity index (χ4n) is 1.90. The Balaban J connectivity index is 2.01. The molecule has 0 atom stereocenters. The van der Waals surface area contributed by atoms with E-state index in [1.54, 1.807) is 24.3 Å². The minimum absolute atomic E-state index is 0.196. The third-order valence-corrected chi connectivity index (χ3v) is 4.82. The van der Waals surface area contributed by atoms with Crippen LogP contribution in [0.5, 0.6) is 11.5 Å². The maximum Gasteiger partial charge on any atom is 0.339 e. The first kappa shape index (κ1) is 17.6. The fourth-order valence-corrected chi connectivity index (χ4v) is 2.98. The molecule has 0 heterocycles. The van der Waals surface area contributed by atoms with Gasteiger partial charge >= 0.3 is 5.97 Å². The maximum atomic E-state index is 12.1. The molecule has 2 rings (SSSR count). The number of phenols is 1. The number of ether oxygens (including phenoxy) is 1. The largest absolute Gasteiger partial charge is 0.507 e. The summed E-state index contributed by atoms with van der Waals surface area (Å²) in [4.78, 5) is 11.0. The van der Waals surface area contributed by atoms with Crippen molar-refractivity contribution in [2.75, 3.05) is 5.75 Å². The van der Waals surface area contributed by atoms with Crippen LogP contribution in [0.25, 0.3) is 0 Å². The van der Waals surface area contributed by atoms with Gasteiger partial charge in [0.05, 0.1) is 16.9 Å². The highest BCUT2D eigenvalue weighted by Gasteiger charge is 2.12. The van der Waals surface area contributed by atoms with Crippen LogP contribution in [0.1, 0.15) is 15.9 Å². The van der Waals surface area contributed by atoms with Gasteiger partial charge in [0.2, 0.25) is 0 Å². The van der Waals surface area contributed by atoms with Crippen LogP contribution in [-0.4, -0.2) is 30.4 Å². The van der Waals surface area contributed by atoms with Gasteiger partial charge in [-0.2, -0.15) is 0 Å². The number of carboxylic acid groups (broad SMARTS) is 1. The van der Waals surface area contributed by atoms with Crippen molar-refractivity contribution in [3.05, 3.63) is 65.9 Å². The maximum absolute atomic E-state index is 12.1. The molecule has 126 valence electrons. The van der Waals surface area contributed by atoms with Crippen LogP contribution in [0.15, 0.2) is 59.7 Å². The van der Waals surface area contributed by atoms with E-state index in [2.05, 4.69) is 0 Å². The Morgan fingerprint density at radius 1 is 1.17 bits per heavy atom. The van der Waals surface area contributed by atoms with Crippen LogP contribution in [0.2, 0.25) is 0 Å². The van der Waals surface area contributed by atoms with Crippen LogP contribution < -0.4 is 4.74 Å². The first-order chi connectivity index (χ1) is 11.3. The minimum atomic E-state index is -3.45. The van der Waals surface area contributed by atoms with Crippen molar-refractivity contribution >= 4 is 15.8 Å². The van der Waals surface area contributed by atoms with Crippen LogP contribution in [0.3, 0.4) is 0 Å². The van der Waals surface area contributed by atoms with Gasteiger partial charge in [0.1, 0.15) is 17.1 Å². The molecule has 2 aromatic rings. The van der Waals surface area contributed by atoms with Gasteiger partial charge in [0.25, 0.3) is 0 Å². The number of aromatic carboxylic acids is 1. The Kier molecular flexibility index (Phi) is 5.25. The lowest BCUT2D eigenvalue weighted by Gasteiger charge is -2.04. The highest BCUT2D eigenvalue weighted by atomic mass is 32.2. The van der Waals surface area contributed by atoms with Crippen LogP contribution in [0, 0.1) is 6.92 Å². The van der Waals surface area contributed by atoms with E-state index in [1.165, 1.54) is 24.5 Å². The van der Waals surface area contributed by atoms with Crippen molar-refractivity contribution in [1.82, 2.24) is 0 Å². The zero-order chi connectivity index (χ0) is 17.7. The molecule has 7 heteroatoms. The first-order valence-electron chi connectivity index (χ1n) is 6.97. The molecular weight excluding hydrogens is 332 g/mol. The Labute approximate surface area is 139 Å². The average Bonchev–Trinajstić information content (AvgIpc) is 2.52. The van der Waals surface area contributed by atoms with Gasteiger partial charge in [0.15, 0.2) is 9.84 Å². The summed E-state index contributed by atoms with van der Waals surface area (Å²) in [5.74, 6) is -1.73. The third kappa shape index (κ3) is 4.36. The average molecular weight is 348 g/mol. The van der Waals surface area contributed by atoms with Crippen molar-refractivity contribution < 1.29 is 28.2 Å². The molecule has 2 N–H and O–H groups in total. The van der Waals surface area contributed by atoms with E-state index in [1.807, 2.05) is 6.92 Å². The monoisotopic (exact) mass is 348 g/mol. The van der Waals surface area contributed by atoms with Gasteiger partial charge in [-0.25, -0.2) is 13.2 Å². The molecule has 0 aliphatic heterocycles. The quantitative estimate of drug-likeness (QED) is 0.779. The van der Waals surface area contributed by atoms with Crippen molar-refractivity contribution in [3.8, 4) is 11.5 Å². The van der Waals surface area contributed by atoms with Crippen LogP contribution in [-0.2, 0) is 9.84 Å². The second-order valence-electron chi connectivity index (χ2n) is 5.07. The highest BCUT2D eigenvalue weighted by Crippen LogP contribution is 2.23. The molecule has 0 saturated heterocycles. The normalized spacial score (nSPS) is 11.5. The number of benzene rings is 2. The van der Waals surface area contributed by atoms with E-state index in [0.717, 1.165) is 11.6 Å². The molecule has 0 spiro atoms. The lowest BCUT2D eigenvalue weighted by molar-refractivity contribution is 0.0693. The van der Waals surface area contributed by atoms with Gasteiger partial charge in [-0.05, 0) is 37.3 Å². The summed E-state index contributed by atoms with van der Waals surface area (Å²) in [5.41, 5.74) is 0.728. The standard InChI is InChI=1S/C17H16O6S/c1-12-3-6-14(7-4-12)24(21,22)10-2-9-23-13-5-8-15(17(19)20)16(18)11-13/h2-9,11,18H,10H2,1H3,(H,19,20)/b9-2-. The summed E-state index contributed by atoms with van der Waals surface area (Å²) in [5, 5.41) is 18.3. The number of rotatable bonds is 6. The minimum Gasteiger partial charge on any atom is -0.507 e. The predicted molar refractivity (Wildman–Crippen MR) is 88.1 cm³/mol. The molecule has 0 radical (unpaired) electrons. The van der Waals surface area contributed by atoms with Gasteiger partial charge in [0, 0.05) is 6.07 Å². The SMILES string of the molecule is Cc1ccc(S(=O)(=O)C/C=C\Oc2ccc(C(=O)O)c(O)c2)cc1. The number of hydrogen-bond acceptors (Lipinski definition) is 5. The van der Waals surface area contributed by atoms with Crippen molar-refractivity contribution in [2.45, 2.75) is 11.8 Å². The number of aryl methyl sites for hydroxylation is 1. The molecule has 0 amide bonds.